The highest BCUT2D eigenvalue weighted by molar-refractivity contribution is 6.72. The second kappa shape index (κ2) is 7.45. The molecule has 122 valence electrons. The minimum atomic E-state index is -0.908. The summed E-state index contributed by atoms with van der Waals surface area (Å²) in [6.45, 7) is 0. The first-order valence-corrected chi connectivity index (χ1v) is 7.82. The van der Waals surface area contributed by atoms with Crippen LogP contribution in [0.2, 0.25) is 0 Å². The molecule has 2 rings (SSSR count). The van der Waals surface area contributed by atoms with E-state index >= 15 is 0 Å². The van der Waals surface area contributed by atoms with Gasteiger partial charge in [-0.3, -0.25) is 19.2 Å². The molecule has 0 spiro atoms. The smallest absolute Gasteiger partial charge is 0.253 e. The number of rotatable bonds is 5. The van der Waals surface area contributed by atoms with E-state index in [1.165, 1.54) is 36.4 Å². The van der Waals surface area contributed by atoms with Crippen molar-refractivity contribution in [2.45, 2.75) is 0 Å². The van der Waals surface area contributed by atoms with Gasteiger partial charge in [0.25, 0.3) is 21.0 Å². The fraction of sp³-hybridized carbons (Fsp3) is 0. The van der Waals surface area contributed by atoms with Gasteiger partial charge >= 0.3 is 0 Å². The van der Waals surface area contributed by atoms with Crippen LogP contribution in [0.4, 0.5) is 0 Å². The molecule has 0 fully saturated rings. The van der Waals surface area contributed by atoms with E-state index in [0.29, 0.717) is 0 Å². The number of halogens is 4. The summed E-state index contributed by atoms with van der Waals surface area (Å²) in [5.41, 5.74) is -0.627. The van der Waals surface area contributed by atoms with Gasteiger partial charge in [0.1, 0.15) is 0 Å². The Kier molecular flexibility index (Phi) is 5.78. The quantitative estimate of drug-likeness (QED) is 0.667. The minimum Gasteiger partial charge on any atom is -0.276 e. The van der Waals surface area contributed by atoms with Gasteiger partial charge in [0.2, 0.25) is 0 Å². The van der Waals surface area contributed by atoms with Crippen LogP contribution in [0.25, 0.3) is 11.1 Å². The van der Waals surface area contributed by atoms with Crippen molar-refractivity contribution in [3.63, 3.8) is 0 Å². The van der Waals surface area contributed by atoms with Crippen LogP contribution in [0.5, 0.6) is 0 Å². The normalized spacial score (nSPS) is 10.3. The first-order chi connectivity index (χ1) is 11.3. The van der Waals surface area contributed by atoms with Gasteiger partial charge in [-0.1, -0.05) is 12.1 Å². The summed E-state index contributed by atoms with van der Waals surface area (Å²) in [6.07, 6.45) is 0. The third-order valence-corrected chi connectivity index (χ3v) is 4.04. The fourth-order valence-corrected chi connectivity index (χ4v) is 2.93. The highest BCUT2D eigenvalue weighted by Crippen LogP contribution is 2.36. The van der Waals surface area contributed by atoms with Gasteiger partial charge in [-0.25, -0.2) is 0 Å². The molecule has 0 atom stereocenters. The summed E-state index contributed by atoms with van der Waals surface area (Å²) in [5.74, 6) is 0. The van der Waals surface area contributed by atoms with Crippen molar-refractivity contribution in [3.05, 3.63) is 58.7 Å². The highest BCUT2D eigenvalue weighted by atomic mass is 35.5. The Balaban J connectivity index is 3.06. The molecule has 0 aromatic heterocycles. The molecular formula is C16H6Cl4O4. The van der Waals surface area contributed by atoms with Gasteiger partial charge in [-0.2, -0.15) is 0 Å². The Bertz CT molecular complexity index is 752. The molecule has 2 aromatic rings. The average Bonchev–Trinajstić information content (AvgIpc) is 2.52. The molecule has 0 bridgehead atoms. The molecule has 0 aliphatic carbocycles. The zero-order valence-electron chi connectivity index (χ0n) is 11.6. The zero-order chi connectivity index (χ0) is 18.0. The molecule has 0 N–H and O–H groups in total. The Hall–Kier alpha value is -1.72. The van der Waals surface area contributed by atoms with E-state index in [4.69, 9.17) is 46.4 Å². The molecule has 0 heterocycles. The lowest BCUT2D eigenvalue weighted by molar-refractivity contribution is 0.106. The number of carbonyl (C=O) groups excluding carboxylic acids is 4. The predicted octanol–water partition coefficient (Wildman–Crippen LogP) is 4.87. The molecule has 0 saturated carbocycles. The molecule has 24 heavy (non-hydrogen) atoms. The first-order valence-electron chi connectivity index (χ1n) is 6.31. The number of hydrogen-bond donors (Lipinski definition) is 0. The van der Waals surface area contributed by atoms with Crippen molar-refractivity contribution in [2.75, 3.05) is 0 Å². The van der Waals surface area contributed by atoms with Crippen LogP contribution in [0.15, 0.2) is 36.4 Å². The maximum absolute atomic E-state index is 11.8. The number of hydrogen-bond acceptors (Lipinski definition) is 4. The van der Waals surface area contributed by atoms with Crippen molar-refractivity contribution in [3.8, 4) is 11.1 Å². The van der Waals surface area contributed by atoms with Crippen LogP contribution < -0.4 is 0 Å². The molecule has 0 radical (unpaired) electrons. The lowest BCUT2D eigenvalue weighted by atomic mass is 9.89. The van der Waals surface area contributed by atoms with Gasteiger partial charge in [0, 0.05) is 33.4 Å². The minimum absolute atomic E-state index is 0.0777. The Labute approximate surface area is 156 Å². The summed E-state index contributed by atoms with van der Waals surface area (Å²) in [6, 6.07) is 8.08. The summed E-state index contributed by atoms with van der Waals surface area (Å²) in [4.78, 5) is 47.0. The average molecular weight is 404 g/mol. The van der Waals surface area contributed by atoms with Crippen LogP contribution in [0, 0.1) is 0 Å². The zero-order valence-corrected chi connectivity index (χ0v) is 14.6. The molecule has 2 aromatic carbocycles. The van der Waals surface area contributed by atoms with Crippen molar-refractivity contribution in [1.82, 2.24) is 0 Å². The second-order valence-electron chi connectivity index (χ2n) is 4.55. The van der Waals surface area contributed by atoms with Crippen molar-refractivity contribution in [1.29, 1.82) is 0 Å². The van der Waals surface area contributed by atoms with E-state index in [1.807, 2.05) is 0 Å². The van der Waals surface area contributed by atoms with Crippen LogP contribution in [0.3, 0.4) is 0 Å². The lowest BCUT2D eigenvalue weighted by Crippen LogP contribution is -2.08. The lowest BCUT2D eigenvalue weighted by Gasteiger charge is -2.15. The molecule has 0 unspecified atom stereocenters. The van der Waals surface area contributed by atoms with E-state index in [1.54, 1.807) is 0 Å². The summed E-state index contributed by atoms with van der Waals surface area (Å²) >= 11 is 22.3. The maximum atomic E-state index is 11.8. The topological polar surface area (TPSA) is 68.3 Å². The van der Waals surface area contributed by atoms with Crippen LogP contribution in [0.1, 0.15) is 41.4 Å². The standard InChI is InChI=1S/C16H6Cl4O4/c17-13(21)7-3-1-4-8(14(18)22)11(7)12-9(15(19)23)5-2-6-10(12)16(20)24/h1-6H. The Morgan fingerprint density at radius 2 is 0.708 bits per heavy atom. The van der Waals surface area contributed by atoms with E-state index in [0.717, 1.165) is 0 Å². The highest BCUT2D eigenvalue weighted by Gasteiger charge is 2.26. The summed E-state index contributed by atoms with van der Waals surface area (Å²) in [5, 5.41) is -3.63. The fourth-order valence-electron chi connectivity index (χ4n) is 2.30. The molecule has 0 saturated heterocycles. The van der Waals surface area contributed by atoms with E-state index < -0.39 is 21.0 Å². The van der Waals surface area contributed by atoms with Gasteiger partial charge in [-0.05, 0) is 70.7 Å². The molecule has 8 heteroatoms. The number of carbonyl (C=O) groups is 4. The van der Waals surface area contributed by atoms with E-state index in [-0.39, 0.29) is 33.4 Å². The Morgan fingerprint density at radius 1 is 0.500 bits per heavy atom. The third kappa shape index (κ3) is 3.52. The first kappa shape index (κ1) is 18.6. The Morgan fingerprint density at radius 3 is 0.875 bits per heavy atom. The maximum Gasteiger partial charge on any atom is 0.253 e. The monoisotopic (exact) mass is 402 g/mol. The van der Waals surface area contributed by atoms with Crippen molar-refractivity contribution < 1.29 is 19.2 Å². The van der Waals surface area contributed by atoms with Crippen molar-refractivity contribution in [2.24, 2.45) is 0 Å². The van der Waals surface area contributed by atoms with Gasteiger partial charge in [-0.15, -0.1) is 0 Å². The van der Waals surface area contributed by atoms with Gasteiger partial charge in [0.05, 0.1) is 0 Å². The SMILES string of the molecule is O=C(Cl)c1cccc(C(=O)Cl)c1-c1c(C(=O)Cl)cccc1C(=O)Cl. The van der Waals surface area contributed by atoms with Crippen LogP contribution in [-0.4, -0.2) is 21.0 Å². The third-order valence-electron chi connectivity index (χ3n) is 3.23. The number of benzene rings is 2. The second-order valence-corrected chi connectivity index (χ2v) is 5.92. The molecule has 0 amide bonds. The van der Waals surface area contributed by atoms with Gasteiger partial charge < -0.3 is 0 Å². The summed E-state index contributed by atoms with van der Waals surface area (Å²) < 4.78 is 0. The molecular weight excluding hydrogens is 398 g/mol. The largest absolute Gasteiger partial charge is 0.276 e. The molecule has 0 aliphatic rings. The summed E-state index contributed by atoms with van der Waals surface area (Å²) in [7, 11) is 0. The van der Waals surface area contributed by atoms with E-state index in [9.17, 15) is 19.2 Å². The van der Waals surface area contributed by atoms with Crippen LogP contribution >= 0.6 is 46.4 Å². The van der Waals surface area contributed by atoms with Gasteiger partial charge in [0.15, 0.2) is 0 Å². The predicted molar refractivity (Wildman–Crippen MR) is 92.6 cm³/mol. The van der Waals surface area contributed by atoms with Crippen LogP contribution in [-0.2, 0) is 0 Å². The molecule has 4 nitrogen and oxygen atoms in total. The molecule has 0 aliphatic heterocycles. The van der Waals surface area contributed by atoms with Crippen molar-refractivity contribution >= 4 is 67.4 Å². The van der Waals surface area contributed by atoms with E-state index in [2.05, 4.69) is 0 Å².